The summed E-state index contributed by atoms with van der Waals surface area (Å²) in [6.07, 6.45) is -4.37. The van der Waals surface area contributed by atoms with Crippen molar-refractivity contribution in [2.75, 3.05) is 5.32 Å². The molecule has 14 heavy (non-hydrogen) atoms. The van der Waals surface area contributed by atoms with Crippen LogP contribution in [-0.4, -0.2) is 5.91 Å². The molecule has 0 fully saturated rings. The van der Waals surface area contributed by atoms with E-state index in [1.54, 1.807) is 0 Å². The zero-order valence-corrected chi connectivity index (χ0v) is 7.27. The highest BCUT2D eigenvalue weighted by Crippen LogP contribution is 2.29. The highest BCUT2D eigenvalue weighted by molar-refractivity contribution is 5.88. The van der Waals surface area contributed by atoms with E-state index in [1.165, 1.54) is 6.92 Å². The molecule has 0 unspecified atom stereocenters. The van der Waals surface area contributed by atoms with Gasteiger partial charge in [0.15, 0.2) is 0 Å². The van der Waals surface area contributed by atoms with Gasteiger partial charge in [-0.25, -0.2) is 0 Å². The lowest BCUT2D eigenvalue weighted by molar-refractivity contribution is -0.137. The number of hydrogen-bond acceptors (Lipinski definition) is 1. The van der Waals surface area contributed by atoms with Crippen molar-refractivity contribution in [3.8, 4) is 0 Å². The summed E-state index contributed by atoms with van der Waals surface area (Å²) in [4.78, 5) is 10.5. The third-order valence-electron chi connectivity index (χ3n) is 1.45. The van der Waals surface area contributed by atoms with Crippen molar-refractivity contribution < 1.29 is 18.0 Å². The molecule has 0 aliphatic heterocycles. The van der Waals surface area contributed by atoms with Crippen molar-refractivity contribution in [3.63, 3.8) is 0 Å². The van der Waals surface area contributed by atoms with Gasteiger partial charge >= 0.3 is 6.18 Å². The Morgan fingerprint density at radius 1 is 1.43 bits per heavy atom. The van der Waals surface area contributed by atoms with Crippen molar-refractivity contribution in [1.29, 1.82) is 0 Å². The van der Waals surface area contributed by atoms with Crippen LogP contribution < -0.4 is 5.32 Å². The summed E-state index contributed by atoms with van der Waals surface area (Å²) >= 11 is 0. The molecule has 0 atom stereocenters. The number of alkyl halides is 3. The SMILES string of the molecule is CC(=O)Nc1[c]cc(C(F)(F)F)cc1. The first kappa shape index (κ1) is 10.6. The van der Waals surface area contributed by atoms with Gasteiger partial charge in [-0.3, -0.25) is 4.79 Å². The van der Waals surface area contributed by atoms with Crippen LogP contribution >= 0.6 is 0 Å². The molecule has 0 spiro atoms. The molecule has 1 aromatic rings. The molecular weight excluding hydrogens is 195 g/mol. The van der Waals surface area contributed by atoms with E-state index in [-0.39, 0.29) is 11.6 Å². The smallest absolute Gasteiger partial charge is 0.326 e. The summed E-state index contributed by atoms with van der Waals surface area (Å²) < 4.78 is 36.2. The number of carbonyl (C=O) groups excluding carboxylic acids is 1. The molecule has 75 valence electrons. The molecule has 1 amide bonds. The van der Waals surface area contributed by atoms with Crippen LogP contribution in [0.4, 0.5) is 18.9 Å². The summed E-state index contributed by atoms with van der Waals surface area (Å²) in [5, 5.41) is 2.32. The van der Waals surface area contributed by atoms with Gasteiger partial charge in [0.1, 0.15) is 0 Å². The Balaban J connectivity index is 2.84. The number of hydrogen-bond donors (Lipinski definition) is 1. The molecule has 0 aromatic heterocycles. The van der Waals surface area contributed by atoms with Gasteiger partial charge in [-0.15, -0.1) is 0 Å². The minimum atomic E-state index is -4.37. The molecule has 2 nitrogen and oxygen atoms in total. The Kier molecular flexibility index (Phi) is 2.78. The van der Waals surface area contributed by atoms with Gasteiger partial charge in [0, 0.05) is 18.7 Å². The predicted molar refractivity (Wildman–Crippen MR) is 44.6 cm³/mol. The zero-order valence-electron chi connectivity index (χ0n) is 7.27. The molecule has 5 heteroatoms. The molecule has 0 aliphatic rings. The maximum absolute atomic E-state index is 12.1. The number of rotatable bonds is 1. The fourth-order valence-corrected chi connectivity index (χ4v) is 0.869. The van der Waals surface area contributed by atoms with E-state index in [0.717, 1.165) is 18.2 Å². The second-order valence-electron chi connectivity index (χ2n) is 2.67. The Bertz CT molecular complexity index is 329. The van der Waals surface area contributed by atoms with Crippen LogP contribution in [0.25, 0.3) is 0 Å². The van der Waals surface area contributed by atoms with Crippen molar-refractivity contribution in [2.45, 2.75) is 13.1 Å². The van der Waals surface area contributed by atoms with Gasteiger partial charge in [-0.2, -0.15) is 13.2 Å². The van der Waals surface area contributed by atoms with E-state index in [4.69, 9.17) is 0 Å². The lowest BCUT2D eigenvalue weighted by Crippen LogP contribution is -2.08. The van der Waals surface area contributed by atoms with Crippen LogP contribution in [0.3, 0.4) is 0 Å². The molecule has 1 rings (SSSR count). The minimum Gasteiger partial charge on any atom is -0.326 e. The number of nitrogens with one attached hydrogen (secondary N) is 1. The number of amides is 1. The second-order valence-corrected chi connectivity index (χ2v) is 2.67. The molecule has 0 bridgehead atoms. The van der Waals surface area contributed by atoms with Crippen molar-refractivity contribution in [1.82, 2.24) is 0 Å². The maximum Gasteiger partial charge on any atom is 0.416 e. The van der Waals surface area contributed by atoms with E-state index in [2.05, 4.69) is 11.4 Å². The van der Waals surface area contributed by atoms with E-state index < -0.39 is 11.7 Å². The standard InChI is InChI=1S/C9H7F3NO/c1-6(14)13-8-4-2-7(3-5-8)9(10,11)12/h2-4H,1H3,(H,13,14). The molecule has 0 saturated heterocycles. The van der Waals surface area contributed by atoms with Gasteiger partial charge in [0.2, 0.25) is 5.91 Å². The number of anilines is 1. The van der Waals surface area contributed by atoms with E-state index in [0.29, 0.717) is 0 Å². The van der Waals surface area contributed by atoms with Crippen LogP contribution in [0.15, 0.2) is 18.2 Å². The van der Waals surface area contributed by atoms with Gasteiger partial charge in [0.05, 0.1) is 5.56 Å². The molecule has 1 N–H and O–H groups in total. The van der Waals surface area contributed by atoms with Gasteiger partial charge in [-0.1, -0.05) is 0 Å². The van der Waals surface area contributed by atoms with Gasteiger partial charge in [-0.05, 0) is 18.2 Å². The first-order chi connectivity index (χ1) is 6.39. The van der Waals surface area contributed by atoms with Crippen LogP contribution in [-0.2, 0) is 11.0 Å². The van der Waals surface area contributed by atoms with Crippen molar-refractivity contribution >= 4 is 11.6 Å². The Morgan fingerprint density at radius 3 is 2.43 bits per heavy atom. The normalized spacial score (nSPS) is 11.1. The Morgan fingerprint density at radius 2 is 2.07 bits per heavy atom. The maximum atomic E-state index is 12.1. The van der Waals surface area contributed by atoms with Crippen LogP contribution in [0, 0.1) is 6.07 Å². The fourth-order valence-electron chi connectivity index (χ4n) is 0.869. The lowest BCUT2D eigenvalue weighted by Gasteiger charge is -2.07. The molecule has 1 radical (unpaired) electrons. The van der Waals surface area contributed by atoms with Crippen LogP contribution in [0.2, 0.25) is 0 Å². The molecule has 1 aromatic carbocycles. The summed E-state index contributed by atoms with van der Waals surface area (Å²) in [7, 11) is 0. The third kappa shape index (κ3) is 2.76. The first-order valence-electron chi connectivity index (χ1n) is 3.76. The second kappa shape index (κ2) is 3.69. The summed E-state index contributed by atoms with van der Waals surface area (Å²) in [6.45, 7) is 1.27. The average Bonchev–Trinajstić information content (AvgIpc) is 2.02. The fraction of sp³-hybridized carbons (Fsp3) is 0.222. The predicted octanol–water partition coefficient (Wildman–Crippen LogP) is 2.46. The van der Waals surface area contributed by atoms with Gasteiger partial charge in [0.25, 0.3) is 0 Å². The molecule has 0 aliphatic carbocycles. The Hall–Kier alpha value is -1.52. The van der Waals surface area contributed by atoms with Crippen LogP contribution in [0.5, 0.6) is 0 Å². The highest BCUT2D eigenvalue weighted by Gasteiger charge is 2.29. The van der Waals surface area contributed by atoms with Crippen molar-refractivity contribution in [3.05, 3.63) is 29.8 Å². The van der Waals surface area contributed by atoms with E-state index in [9.17, 15) is 18.0 Å². The van der Waals surface area contributed by atoms with Crippen molar-refractivity contribution in [2.24, 2.45) is 0 Å². The summed E-state index contributed by atoms with van der Waals surface area (Å²) in [5.41, 5.74) is -0.558. The number of halogens is 3. The average molecular weight is 202 g/mol. The number of carbonyl (C=O) groups is 1. The Labute approximate surface area is 78.7 Å². The van der Waals surface area contributed by atoms with E-state index >= 15 is 0 Å². The number of benzene rings is 1. The molecule has 0 heterocycles. The quantitative estimate of drug-likeness (QED) is 0.744. The third-order valence-corrected chi connectivity index (χ3v) is 1.45. The topological polar surface area (TPSA) is 29.1 Å². The minimum absolute atomic E-state index is 0.227. The monoisotopic (exact) mass is 202 g/mol. The summed E-state index contributed by atoms with van der Waals surface area (Å²) in [5.74, 6) is -0.346. The van der Waals surface area contributed by atoms with Crippen LogP contribution in [0.1, 0.15) is 12.5 Å². The zero-order chi connectivity index (χ0) is 10.8. The highest BCUT2D eigenvalue weighted by atomic mass is 19.4. The molecular formula is C9H7F3NO. The lowest BCUT2D eigenvalue weighted by atomic mass is 10.2. The van der Waals surface area contributed by atoms with Gasteiger partial charge < -0.3 is 5.32 Å². The largest absolute Gasteiger partial charge is 0.416 e. The van der Waals surface area contributed by atoms with E-state index in [1.807, 2.05) is 0 Å². The molecule has 0 saturated carbocycles. The first-order valence-corrected chi connectivity index (χ1v) is 3.76. The summed E-state index contributed by atoms with van der Waals surface area (Å²) in [6, 6.07) is 5.17.